The zero-order chi connectivity index (χ0) is 8.81. The second-order valence-electron chi connectivity index (χ2n) is 3.01. The average molecular weight is 160 g/mol. The summed E-state index contributed by atoms with van der Waals surface area (Å²) in [5.41, 5.74) is 2.90. The Labute approximate surface area is 74.9 Å². The van der Waals surface area contributed by atoms with Crippen molar-refractivity contribution in [1.82, 2.24) is 0 Å². The van der Waals surface area contributed by atoms with Crippen LogP contribution in [-0.4, -0.2) is 0 Å². The van der Waals surface area contributed by atoms with Crippen LogP contribution in [0.4, 0.5) is 0 Å². The van der Waals surface area contributed by atoms with Crippen molar-refractivity contribution in [1.29, 1.82) is 0 Å². The Hall–Kier alpha value is -1.04. The predicted octanol–water partition coefficient (Wildman–Crippen LogP) is 3.37. The minimum atomic E-state index is 0.996. The van der Waals surface area contributed by atoms with Gasteiger partial charge in [0.25, 0.3) is 0 Å². The van der Waals surface area contributed by atoms with E-state index in [1.54, 1.807) is 0 Å². The molecule has 1 rings (SSSR count). The standard InChI is InChI=1S/C12H16/c1-3-7-11-9-5-6-10-12(11)8-4-2/h3,5-6,9-10H,1,4,7-8H2,2H3. The number of allylic oxidation sites excluding steroid dienone is 1. The molecule has 1 aromatic carbocycles. The fourth-order valence-electron chi connectivity index (χ4n) is 1.43. The van der Waals surface area contributed by atoms with Gasteiger partial charge in [-0.05, 0) is 24.0 Å². The molecule has 0 atom stereocenters. The van der Waals surface area contributed by atoms with Crippen molar-refractivity contribution in [3.05, 3.63) is 48.0 Å². The third-order valence-electron chi connectivity index (χ3n) is 2.00. The van der Waals surface area contributed by atoms with Crippen LogP contribution >= 0.6 is 0 Å². The van der Waals surface area contributed by atoms with Gasteiger partial charge in [0, 0.05) is 0 Å². The Morgan fingerprint density at radius 1 is 1.25 bits per heavy atom. The first-order valence-electron chi connectivity index (χ1n) is 4.56. The van der Waals surface area contributed by atoms with E-state index in [1.165, 1.54) is 24.0 Å². The van der Waals surface area contributed by atoms with E-state index in [-0.39, 0.29) is 0 Å². The van der Waals surface area contributed by atoms with E-state index < -0.39 is 0 Å². The van der Waals surface area contributed by atoms with Crippen molar-refractivity contribution >= 4 is 0 Å². The lowest BCUT2D eigenvalue weighted by Crippen LogP contribution is -1.91. The van der Waals surface area contributed by atoms with Crippen LogP contribution in [0.1, 0.15) is 24.5 Å². The SMILES string of the molecule is C=CCc1ccccc1CCC. The van der Waals surface area contributed by atoms with Crippen molar-refractivity contribution < 1.29 is 0 Å². The molecule has 0 heteroatoms. The molecule has 0 bridgehead atoms. The van der Waals surface area contributed by atoms with Gasteiger partial charge in [-0.15, -0.1) is 6.58 Å². The normalized spacial score (nSPS) is 9.75. The van der Waals surface area contributed by atoms with Gasteiger partial charge in [-0.1, -0.05) is 43.7 Å². The third kappa shape index (κ3) is 2.23. The monoisotopic (exact) mass is 160 g/mol. The topological polar surface area (TPSA) is 0 Å². The predicted molar refractivity (Wildman–Crippen MR) is 54.3 cm³/mol. The smallest absolute Gasteiger partial charge is 0.00974 e. The molecule has 0 heterocycles. The van der Waals surface area contributed by atoms with Gasteiger partial charge in [-0.2, -0.15) is 0 Å². The maximum atomic E-state index is 3.76. The van der Waals surface area contributed by atoms with Crippen LogP contribution in [0, 0.1) is 0 Å². The Morgan fingerprint density at radius 2 is 1.92 bits per heavy atom. The van der Waals surface area contributed by atoms with Crippen molar-refractivity contribution in [2.24, 2.45) is 0 Å². The maximum absolute atomic E-state index is 3.76. The molecule has 0 aliphatic heterocycles. The molecule has 0 aliphatic rings. The first kappa shape index (κ1) is 9.05. The van der Waals surface area contributed by atoms with E-state index in [2.05, 4.69) is 37.8 Å². The molecule has 0 aliphatic carbocycles. The van der Waals surface area contributed by atoms with Crippen LogP contribution in [0.2, 0.25) is 0 Å². The highest BCUT2D eigenvalue weighted by molar-refractivity contribution is 5.28. The van der Waals surface area contributed by atoms with Crippen molar-refractivity contribution in [2.45, 2.75) is 26.2 Å². The van der Waals surface area contributed by atoms with Gasteiger partial charge < -0.3 is 0 Å². The molecule has 0 spiro atoms. The highest BCUT2D eigenvalue weighted by atomic mass is 14.0. The quantitative estimate of drug-likeness (QED) is 0.592. The van der Waals surface area contributed by atoms with E-state index in [1.807, 2.05) is 6.08 Å². The Morgan fingerprint density at radius 3 is 2.50 bits per heavy atom. The molecule has 0 nitrogen and oxygen atoms in total. The van der Waals surface area contributed by atoms with Crippen LogP contribution in [0.25, 0.3) is 0 Å². The number of benzene rings is 1. The van der Waals surface area contributed by atoms with Crippen LogP contribution in [0.15, 0.2) is 36.9 Å². The molecule has 0 radical (unpaired) electrons. The number of rotatable bonds is 4. The maximum Gasteiger partial charge on any atom is -0.00974 e. The second-order valence-corrected chi connectivity index (χ2v) is 3.01. The first-order chi connectivity index (χ1) is 5.88. The molecule has 64 valence electrons. The summed E-state index contributed by atoms with van der Waals surface area (Å²) >= 11 is 0. The summed E-state index contributed by atoms with van der Waals surface area (Å²) in [6.07, 6.45) is 5.36. The van der Waals surface area contributed by atoms with Crippen LogP contribution in [0.5, 0.6) is 0 Å². The van der Waals surface area contributed by atoms with Gasteiger partial charge in [0.2, 0.25) is 0 Å². The zero-order valence-corrected chi connectivity index (χ0v) is 7.72. The van der Waals surface area contributed by atoms with E-state index >= 15 is 0 Å². The second kappa shape index (κ2) is 4.76. The summed E-state index contributed by atoms with van der Waals surface area (Å²) in [5.74, 6) is 0. The van der Waals surface area contributed by atoms with Gasteiger partial charge >= 0.3 is 0 Å². The molecule has 0 N–H and O–H groups in total. The number of aryl methyl sites for hydroxylation is 1. The Kier molecular flexibility index (Phi) is 3.59. The third-order valence-corrected chi connectivity index (χ3v) is 2.00. The van der Waals surface area contributed by atoms with E-state index in [0.717, 1.165) is 6.42 Å². The Balaban J connectivity index is 2.83. The molecule has 12 heavy (non-hydrogen) atoms. The Bertz CT molecular complexity index is 248. The fourth-order valence-corrected chi connectivity index (χ4v) is 1.43. The summed E-state index contributed by atoms with van der Waals surface area (Å²) in [6.45, 7) is 5.97. The van der Waals surface area contributed by atoms with Gasteiger partial charge in [-0.25, -0.2) is 0 Å². The highest BCUT2D eigenvalue weighted by Crippen LogP contribution is 2.11. The van der Waals surface area contributed by atoms with Gasteiger partial charge in [0.15, 0.2) is 0 Å². The molecular formula is C12H16. The number of hydrogen-bond acceptors (Lipinski definition) is 0. The summed E-state index contributed by atoms with van der Waals surface area (Å²) in [5, 5.41) is 0. The molecule has 0 fully saturated rings. The number of hydrogen-bond donors (Lipinski definition) is 0. The summed E-state index contributed by atoms with van der Waals surface area (Å²) in [4.78, 5) is 0. The van der Waals surface area contributed by atoms with Gasteiger partial charge in [0.05, 0.1) is 0 Å². The lowest BCUT2D eigenvalue weighted by molar-refractivity contribution is 0.906. The molecule has 1 aromatic rings. The van der Waals surface area contributed by atoms with Gasteiger partial charge in [0.1, 0.15) is 0 Å². The summed E-state index contributed by atoms with van der Waals surface area (Å²) in [6, 6.07) is 8.60. The molecule has 0 amide bonds. The molecular weight excluding hydrogens is 144 g/mol. The lowest BCUT2D eigenvalue weighted by atomic mass is 10.0. The van der Waals surface area contributed by atoms with E-state index in [0.29, 0.717) is 0 Å². The molecule has 0 unspecified atom stereocenters. The van der Waals surface area contributed by atoms with E-state index in [9.17, 15) is 0 Å². The molecule has 0 saturated heterocycles. The summed E-state index contributed by atoms with van der Waals surface area (Å²) < 4.78 is 0. The zero-order valence-electron chi connectivity index (χ0n) is 7.72. The van der Waals surface area contributed by atoms with E-state index in [4.69, 9.17) is 0 Å². The van der Waals surface area contributed by atoms with Crippen LogP contribution in [0.3, 0.4) is 0 Å². The molecule has 0 aromatic heterocycles. The van der Waals surface area contributed by atoms with Crippen LogP contribution < -0.4 is 0 Å². The lowest BCUT2D eigenvalue weighted by Gasteiger charge is -2.05. The van der Waals surface area contributed by atoms with Crippen LogP contribution in [-0.2, 0) is 12.8 Å². The minimum absolute atomic E-state index is 0.996. The molecule has 0 saturated carbocycles. The minimum Gasteiger partial charge on any atom is -0.103 e. The van der Waals surface area contributed by atoms with Gasteiger partial charge in [-0.3, -0.25) is 0 Å². The fraction of sp³-hybridized carbons (Fsp3) is 0.333. The largest absolute Gasteiger partial charge is 0.103 e. The van der Waals surface area contributed by atoms with Crippen molar-refractivity contribution in [3.63, 3.8) is 0 Å². The van der Waals surface area contributed by atoms with Crippen molar-refractivity contribution in [3.8, 4) is 0 Å². The highest BCUT2D eigenvalue weighted by Gasteiger charge is 1.97. The summed E-state index contributed by atoms with van der Waals surface area (Å²) in [7, 11) is 0. The average Bonchev–Trinajstić information content (AvgIpc) is 2.09. The first-order valence-corrected chi connectivity index (χ1v) is 4.56. The van der Waals surface area contributed by atoms with Crippen molar-refractivity contribution in [2.75, 3.05) is 0 Å².